The van der Waals surface area contributed by atoms with Gasteiger partial charge in [0.2, 0.25) is 5.91 Å². The number of carbonyl (C=O) groups excluding carboxylic acids is 1. The van der Waals surface area contributed by atoms with Crippen molar-refractivity contribution >= 4 is 23.3 Å². The molecule has 28 heavy (non-hydrogen) atoms. The van der Waals surface area contributed by atoms with Crippen LogP contribution in [-0.2, 0) is 4.79 Å². The van der Waals surface area contributed by atoms with E-state index in [1.807, 2.05) is 17.2 Å². The number of anilines is 1. The minimum absolute atomic E-state index is 0.201. The molecule has 150 valence electrons. The summed E-state index contributed by atoms with van der Waals surface area (Å²) >= 11 is 0. The van der Waals surface area contributed by atoms with E-state index in [1.165, 1.54) is 18.6 Å². The van der Waals surface area contributed by atoms with Crippen molar-refractivity contribution in [1.82, 2.24) is 9.88 Å². The van der Waals surface area contributed by atoms with Crippen molar-refractivity contribution in [3.05, 3.63) is 23.9 Å². The number of nitrogens with zero attached hydrogens (tertiary/aromatic N) is 5. The summed E-state index contributed by atoms with van der Waals surface area (Å²) in [5.74, 6) is 2.75. The maximum absolute atomic E-state index is 12.5. The van der Waals surface area contributed by atoms with Crippen molar-refractivity contribution < 1.29 is 4.79 Å². The Morgan fingerprint density at radius 2 is 1.93 bits per heavy atom. The van der Waals surface area contributed by atoms with Crippen LogP contribution >= 0.6 is 0 Å². The molecule has 1 aliphatic carbocycles. The summed E-state index contributed by atoms with van der Waals surface area (Å²) in [6.45, 7) is 10.5. The predicted octanol–water partition coefficient (Wildman–Crippen LogP) is 3.17. The van der Waals surface area contributed by atoms with Gasteiger partial charge in [-0.1, -0.05) is 20.8 Å². The number of aromatic nitrogens is 1. The van der Waals surface area contributed by atoms with Gasteiger partial charge >= 0.3 is 0 Å². The van der Waals surface area contributed by atoms with Crippen molar-refractivity contribution in [2.24, 2.45) is 21.3 Å². The zero-order valence-electron chi connectivity index (χ0n) is 17.3. The van der Waals surface area contributed by atoms with Crippen LogP contribution in [0, 0.1) is 11.3 Å². The van der Waals surface area contributed by atoms with Crippen molar-refractivity contribution in [3.63, 3.8) is 0 Å². The third-order valence-corrected chi connectivity index (χ3v) is 5.74. The van der Waals surface area contributed by atoms with Crippen LogP contribution in [0.2, 0.25) is 0 Å². The van der Waals surface area contributed by atoms with E-state index < -0.39 is 0 Å². The molecule has 2 aliphatic heterocycles. The Kier molecular flexibility index (Phi) is 5.21. The number of pyridine rings is 1. The number of aliphatic imine (C=N–C) groups is 2. The normalized spacial score (nSPS) is 20.2. The van der Waals surface area contributed by atoms with Crippen LogP contribution in [-0.4, -0.2) is 60.1 Å². The summed E-state index contributed by atoms with van der Waals surface area (Å²) in [5, 5.41) is 0. The molecule has 4 rings (SSSR count). The lowest BCUT2D eigenvalue weighted by Crippen LogP contribution is -2.49. The summed E-state index contributed by atoms with van der Waals surface area (Å²) in [6.07, 6.45) is 5.95. The number of hydrogen-bond acceptors (Lipinski definition) is 5. The van der Waals surface area contributed by atoms with E-state index in [4.69, 9.17) is 4.99 Å². The van der Waals surface area contributed by atoms with Gasteiger partial charge in [-0.15, -0.1) is 0 Å². The Bertz CT molecular complexity index is 795. The first-order valence-electron chi connectivity index (χ1n) is 10.5. The molecule has 1 saturated heterocycles. The van der Waals surface area contributed by atoms with Gasteiger partial charge in [0.05, 0.1) is 6.54 Å². The molecular weight excluding hydrogens is 350 g/mol. The van der Waals surface area contributed by atoms with Crippen LogP contribution in [0.1, 0.15) is 52.0 Å². The molecule has 3 aliphatic rings. The van der Waals surface area contributed by atoms with Gasteiger partial charge in [0.1, 0.15) is 5.82 Å². The number of rotatable bonds is 5. The fourth-order valence-electron chi connectivity index (χ4n) is 3.71. The molecule has 6 heteroatoms. The summed E-state index contributed by atoms with van der Waals surface area (Å²) in [6, 6.07) is 4.09. The Morgan fingerprint density at radius 3 is 2.61 bits per heavy atom. The second-order valence-electron chi connectivity index (χ2n) is 9.35. The monoisotopic (exact) mass is 381 g/mol. The molecule has 1 aromatic heterocycles. The third kappa shape index (κ3) is 4.59. The second-order valence-corrected chi connectivity index (χ2v) is 9.35. The zero-order chi connectivity index (χ0) is 19.7. The van der Waals surface area contributed by atoms with Crippen molar-refractivity contribution in [2.45, 2.75) is 46.5 Å². The molecule has 3 heterocycles. The molecule has 0 aromatic carbocycles. The van der Waals surface area contributed by atoms with E-state index in [0.717, 1.165) is 56.4 Å². The van der Waals surface area contributed by atoms with Gasteiger partial charge in [0.25, 0.3) is 0 Å². The standard InChI is InChI=1S/C22H31N5O/c1-22(2,3)8-6-20(28)27-12-10-26(11-13-27)19-14-17(7-9-23-19)21-24-15-18(25-21)16-4-5-16/h7,9,14,16H,4-6,8,10-13,15H2,1-3H3. The SMILES string of the molecule is CC(C)(C)CCC(=O)N1CCN(c2cc(C3=NCC(C4CC4)=N3)ccn2)CC1. The van der Waals surface area contributed by atoms with Crippen molar-refractivity contribution in [3.8, 4) is 0 Å². The Hall–Kier alpha value is -2.24. The lowest BCUT2D eigenvalue weighted by atomic mass is 9.90. The van der Waals surface area contributed by atoms with Gasteiger partial charge in [-0.2, -0.15) is 0 Å². The van der Waals surface area contributed by atoms with E-state index in [1.54, 1.807) is 0 Å². The first-order chi connectivity index (χ1) is 13.4. The molecular formula is C22H31N5O. The van der Waals surface area contributed by atoms with Gasteiger partial charge in [0.15, 0.2) is 5.84 Å². The van der Waals surface area contributed by atoms with E-state index in [2.05, 4.69) is 41.7 Å². The van der Waals surface area contributed by atoms with Gasteiger partial charge in [0, 0.05) is 50.1 Å². The molecule has 0 bridgehead atoms. The van der Waals surface area contributed by atoms with Crippen LogP contribution in [0.15, 0.2) is 28.3 Å². The molecule has 0 atom stereocenters. The molecule has 1 saturated carbocycles. The summed E-state index contributed by atoms with van der Waals surface area (Å²) < 4.78 is 0. The van der Waals surface area contributed by atoms with Gasteiger partial charge < -0.3 is 9.80 Å². The lowest BCUT2D eigenvalue weighted by Gasteiger charge is -2.36. The van der Waals surface area contributed by atoms with E-state index in [0.29, 0.717) is 12.3 Å². The molecule has 0 spiro atoms. The highest BCUT2D eigenvalue weighted by Crippen LogP contribution is 2.32. The van der Waals surface area contributed by atoms with E-state index in [-0.39, 0.29) is 11.3 Å². The highest BCUT2D eigenvalue weighted by Gasteiger charge is 2.30. The Balaban J connectivity index is 1.34. The van der Waals surface area contributed by atoms with Gasteiger partial charge in [-0.25, -0.2) is 9.98 Å². The van der Waals surface area contributed by atoms with Crippen LogP contribution in [0.4, 0.5) is 5.82 Å². The molecule has 0 unspecified atom stereocenters. The fraction of sp³-hybridized carbons (Fsp3) is 0.636. The Labute approximate surface area is 167 Å². The number of amidine groups is 1. The van der Waals surface area contributed by atoms with Crippen LogP contribution < -0.4 is 4.90 Å². The minimum atomic E-state index is 0.201. The molecule has 0 radical (unpaired) electrons. The average Bonchev–Trinajstić information content (AvgIpc) is 3.42. The zero-order valence-corrected chi connectivity index (χ0v) is 17.3. The van der Waals surface area contributed by atoms with Crippen LogP contribution in [0.5, 0.6) is 0 Å². The quantitative estimate of drug-likeness (QED) is 0.787. The molecule has 1 aromatic rings. The van der Waals surface area contributed by atoms with Gasteiger partial charge in [-0.3, -0.25) is 9.79 Å². The summed E-state index contributed by atoms with van der Waals surface area (Å²) in [4.78, 5) is 30.7. The molecule has 1 amide bonds. The summed E-state index contributed by atoms with van der Waals surface area (Å²) in [7, 11) is 0. The third-order valence-electron chi connectivity index (χ3n) is 5.74. The molecule has 0 N–H and O–H groups in total. The number of hydrogen-bond donors (Lipinski definition) is 0. The number of carbonyl (C=O) groups is 1. The number of piperazine rings is 1. The Morgan fingerprint density at radius 1 is 1.18 bits per heavy atom. The average molecular weight is 382 g/mol. The molecule has 2 fully saturated rings. The first-order valence-corrected chi connectivity index (χ1v) is 10.5. The van der Waals surface area contributed by atoms with Crippen molar-refractivity contribution in [2.75, 3.05) is 37.6 Å². The minimum Gasteiger partial charge on any atom is -0.353 e. The topological polar surface area (TPSA) is 61.2 Å². The predicted molar refractivity (Wildman–Crippen MR) is 113 cm³/mol. The fourth-order valence-corrected chi connectivity index (χ4v) is 3.71. The second kappa shape index (κ2) is 7.64. The molecule has 6 nitrogen and oxygen atoms in total. The smallest absolute Gasteiger partial charge is 0.222 e. The van der Waals surface area contributed by atoms with Gasteiger partial charge in [-0.05, 0) is 42.7 Å². The maximum Gasteiger partial charge on any atom is 0.222 e. The van der Waals surface area contributed by atoms with Crippen LogP contribution in [0.3, 0.4) is 0 Å². The number of amides is 1. The van der Waals surface area contributed by atoms with E-state index in [9.17, 15) is 4.79 Å². The largest absolute Gasteiger partial charge is 0.353 e. The lowest BCUT2D eigenvalue weighted by molar-refractivity contribution is -0.132. The van der Waals surface area contributed by atoms with Crippen LogP contribution in [0.25, 0.3) is 0 Å². The maximum atomic E-state index is 12.5. The first kappa shape index (κ1) is 19.1. The summed E-state index contributed by atoms with van der Waals surface area (Å²) in [5.41, 5.74) is 2.49. The highest BCUT2D eigenvalue weighted by atomic mass is 16.2. The highest BCUT2D eigenvalue weighted by molar-refractivity contribution is 6.12. The van der Waals surface area contributed by atoms with E-state index >= 15 is 0 Å². The van der Waals surface area contributed by atoms with Crippen molar-refractivity contribution in [1.29, 1.82) is 0 Å².